The molecule has 0 bridgehead atoms. The third-order valence-electron chi connectivity index (χ3n) is 9.85. The monoisotopic (exact) mass is 462 g/mol. The second-order valence-electron chi connectivity index (χ2n) is 12.1. The highest BCUT2D eigenvalue weighted by atomic mass is 16.7. The lowest BCUT2D eigenvalue weighted by atomic mass is 9.66. The summed E-state index contributed by atoms with van der Waals surface area (Å²) in [4.78, 5) is 12.1. The molecule has 0 aromatic carbocycles. The van der Waals surface area contributed by atoms with Crippen LogP contribution in [0, 0.1) is 29.6 Å². The molecule has 3 fully saturated rings. The maximum Gasteiger partial charge on any atom is 0.508 e. The molecule has 0 atom stereocenters. The van der Waals surface area contributed by atoms with Crippen LogP contribution in [-0.2, 0) is 9.47 Å². The fraction of sp³-hybridized carbons (Fsp3) is 0.967. The molecule has 0 unspecified atom stereocenters. The van der Waals surface area contributed by atoms with Gasteiger partial charge in [-0.15, -0.1) is 0 Å². The van der Waals surface area contributed by atoms with Gasteiger partial charge in [-0.3, -0.25) is 0 Å². The summed E-state index contributed by atoms with van der Waals surface area (Å²) < 4.78 is 11.0. The number of hydrogen-bond donors (Lipinski definition) is 0. The van der Waals surface area contributed by atoms with Crippen LogP contribution in [0.3, 0.4) is 0 Å². The van der Waals surface area contributed by atoms with Crippen molar-refractivity contribution in [3.05, 3.63) is 0 Å². The van der Waals surface area contributed by atoms with Gasteiger partial charge < -0.3 is 9.47 Å². The molecule has 33 heavy (non-hydrogen) atoms. The molecule has 0 aromatic rings. The average Bonchev–Trinajstić information content (AvgIpc) is 2.85. The van der Waals surface area contributed by atoms with Crippen molar-refractivity contribution in [1.82, 2.24) is 0 Å². The molecule has 0 radical (unpaired) electrons. The van der Waals surface area contributed by atoms with Crippen molar-refractivity contribution >= 4 is 6.16 Å². The highest BCUT2D eigenvalue weighted by Crippen LogP contribution is 2.47. The molecule has 3 aliphatic carbocycles. The van der Waals surface area contributed by atoms with Gasteiger partial charge in [-0.1, -0.05) is 90.9 Å². The van der Waals surface area contributed by atoms with Gasteiger partial charge in [0, 0.05) is 0 Å². The number of methoxy groups -OCH3 is 1. The molecule has 192 valence electrons. The van der Waals surface area contributed by atoms with E-state index in [2.05, 4.69) is 13.8 Å². The lowest BCUT2D eigenvalue weighted by Crippen LogP contribution is -2.41. The Bertz CT molecular complexity index is 535. The minimum atomic E-state index is -0.465. The van der Waals surface area contributed by atoms with Crippen LogP contribution in [-0.4, -0.2) is 18.9 Å². The van der Waals surface area contributed by atoms with Crippen LogP contribution in [0.1, 0.15) is 142 Å². The number of hydrogen-bond acceptors (Lipinski definition) is 3. The minimum absolute atomic E-state index is 0.263. The first-order valence-corrected chi connectivity index (χ1v) is 14.8. The maximum atomic E-state index is 12.1. The standard InChI is InChI=1S/C30H54O3/c1-4-6-7-9-25-14-16-27(17-15-25)28-19-22-30(23-20-28,33-29(31)32-3)21-18-26-12-10-24(8-5-2)11-13-26/h24-28H,4-23H2,1-3H3. The number of ether oxygens (including phenoxy) is 2. The molecule has 3 aliphatic rings. The summed E-state index contributed by atoms with van der Waals surface area (Å²) in [5.74, 6) is 4.55. The number of rotatable bonds is 11. The fourth-order valence-electron chi connectivity index (χ4n) is 7.57. The van der Waals surface area contributed by atoms with Gasteiger partial charge in [0.1, 0.15) is 5.60 Å². The SMILES string of the molecule is CCCCCC1CCC(C2CCC(CCC3CCC(CCC)CC3)(OC(=O)OC)CC2)CC1. The molecule has 0 heterocycles. The molecule has 3 heteroatoms. The van der Waals surface area contributed by atoms with E-state index in [0.717, 1.165) is 48.9 Å². The Kier molecular flexibility index (Phi) is 11.4. The van der Waals surface area contributed by atoms with Gasteiger partial charge >= 0.3 is 6.16 Å². The van der Waals surface area contributed by atoms with Gasteiger partial charge in [-0.2, -0.15) is 0 Å². The largest absolute Gasteiger partial charge is 0.508 e. The van der Waals surface area contributed by atoms with Crippen molar-refractivity contribution in [1.29, 1.82) is 0 Å². The normalized spacial score (nSPS) is 35.2. The van der Waals surface area contributed by atoms with E-state index in [1.165, 1.54) is 116 Å². The van der Waals surface area contributed by atoms with Crippen molar-refractivity contribution in [2.45, 2.75) is 148 Å². The smallest absolute Gasteiger partial charge is 0.438 e. The first-order valence-electron chi connectivity index (χ1n) is 14.8. The molecule has 0 aliphatic heterocycles. The van der Waals surface area contributed by atoms with Gasteiger partial charge in [0.25, 0.3) is 0 Å². The van der Waals surface area contributed by atoms with Gasteiger partial charge in [0.2, 0.25) is 0 Å². The fourth-order valence-corrected chi connectivity index (χ4v) is 7.57. The van der Waals surface area contributed by atoms with Crippen LogP contribution >= 0.6 is 0 Å². The highest BCUT2D eigenvalue weighted by Gasteiger charge is 2.42. The molecule has 3 rings (SSSR count). The summed E-state index contributed by atoms with van der Waals surface area (Å²) in [6.07, 6.45) is 26.1. The number of carbonyl (C=O) groups excluding carboxylic acids is 1. The quantitative estimate of drug-likeness (QED) is 0.226. The Morgan fingerprint density at radius 3 is 1.82 bits per heavy atom. The van der Waals surface area contributed by atoms with E-state index in [1.54, 1.807) is 0 Å². The van der Waals surface area contributed by atoms with E-state index in [-0.39, 0.29) is 5.60 Å². The third kappa shape index (κ3) is 8.46. The molecule has 0 amide bonds. The van der Waals surface area contributed by atoms with Crippen molar-refractivity contribution in [2.24, 2.45) is 29.6 Å². The zero-order valence-corrected chi connectivity index (χ0v) is 22.3. The molecule has 0 spiro atoms. The van der Waals surface area contributed by atoms with Crippen LogP contribution in [0.15, 0.2) is 0 Å². The lowest BCUT2D eigenvalue weighted by Gasteiger charge is -2.43. The van der Waals surface area contributed by atoms with E-state index < -0.39 is 6.16 Å². The van der Waals surface area contributed by atoms with Crippen molar-refractivity contribution in [3.8, 4) is 0 Å². The van der Waals surface area contributed by atoms with Crippen LogP contribution in [0.2, 0.25) is 0 Å². The van der Waals surface area contributed by atoms with Gasteiger partial charge in [-0.25, -0.2) is 4.79 Å². The molecule has 3 saturated carbocycles. The van der Waals surface area contributed by atoms with Crippen LogP contribution in [0.5, 0.6) is 0 Å². The van der Waals surface area contributed by atoms with Crippen molar-refractivity contribution in [3.63, 3.8) is 0 Å². The molecule has 0 N–H and O–H groups in total. The molecule has 0 aromatic heterocycles. The van der Waals surface area contributed by atoms with Crippen molar-refractivity contribution < 1.29 is 14.3 Å². The Hall–Kier alpha value is -0.730. The van der Waals surface area contributed by atoms with Crippen molar-refractivity contribution in [2.75, 3.05) is 7.11 Å². The van der Waals surface area contributed by atoms with E-state index in [9.17, 15) is 4.79 Å². The van der Waals surface area contributed by atoms with E-state index in [0.29, 0.717) is 0 Å². The highest BCUT2D eigenvalue weighted by molar-refractivity contribution is 5.60. The van der Waals surface area contributed by atoms with E-state index >= 15 is 0 Å². The summed E-state index contributed by atoms with van der Waals surface area (Å²) in [6, 6.07) is 0. The summed E-state index contributed by atoms with van der Waals surface area (Å²) >= 11 is 0. The Labute approximate surface area is 205 Å². The molecular formula is C30H54O3. The average molecular weight is 463 g/mol. The first kappa shape index (κ1) is 26.9. The Balaban J connectivity index is 1.45. The van der Waals surface area contributed by atoms with E-state index in [1.807, 2.05) is 0 Å². The summed E-state index contributed by atoms with van der Waals surface area (Å²) in [5.41, 5.74) is -0.263. The molecular weight excluding hydrogens is 408 g/mol. The topological polar surface area (TPSA) is 35.5 Å². The third-order valence-corrected chi connectivity index (χ3v) is 9.85. The van der Waals surface area contributed by atoms with Gasteiger partial charge in [0.05, 0.1) is 7.11 Å². The second kappa shape index (κ2) is 14.0. The number of unbranched alkanes of at least 4 members (excludes halogenated alkanes) is 2. The van der Waals surface area contributed by atoms with E-state index in [4.69, 9.17) is 9.47 Å². The predicted molar refractivity (Wildman–Crippen MR) is 137 cm³/mol. The Morgan fingerprint density at radius 2 is 1.24 bits per heavy atom. The summed E-state index contributed by atoms with van der Waals surface area (Å²) in [7, 11) is 1.45. The summed E-state index contributed by atoms with van der Waals surface area (Å²) in [6.45, 7) is 4.62. The zero-order chi connectivity index (χ0) is 23.5. The second-order valence-corrected chi connectivity index (χ2v) is 12.1. The zero-order valence-electron chi connectivity index (χ0n) is 22.3. The van der Waals surface area contributed by atoms with Crippen LogP contribution in [0.25, 0.3) is 0 Å². The number of carbonyl (C=O) groups is 1. The maximum absolute atomic E-state index is 12.1. The van der Waals surface area contributed by atoms with Crippen LogP contribution in [0.4, 0.5) is 4.79 Å². The predicted octanol–water partition coefficient (Wildman–Crippen LogP) is 9.47. The first-order chi connectivity index (χ1) is 16.1. The lowest BCUT2D eigenvalue weighted by molar-refractivity contribution is -0.0701. The summed E-state index contributed by atoms with van der Waals surface area (Å²) in [5, 5.41) is 0. The van der Waals surface area contributed by atoms with Gasteiger partial charge in [-0.05, 0) is 81.0 Å². The Morgan fingerprint density at radius 1 is 0.697 bits per heavy atom. The molecule has 3 nitrogen and oxygen atoms in total. The van der Waals surface area contributed by atoms with Gasteiger partial charge in [0.15, 0.2) is 0 Å². The minimum Gasteiger partial charge on any atom is -0.438 e. The molecule has 0 saturated heterocycles. The van der Waals surface area contributed by atoms with Crippen LogP contribution < -0.4 is 0 Å².